The number of carbonyl (C=O) groups is 2. The average Bonchev–Trinajstić information content (AvgIpc) is 2.54. The number of halogens is 1. The number of amides is 1. The Bertz CT molecular complexity index is 550. The molecule has 1 amide bonds. The summed E-state index contributed by atoms with van der Waals surface area (Å²) < 4.78 is 18.6. The lowest BCUT2D eigenvalue weighted by molar-refractivity contribution is -0.899. The van der Waals surface area contributed by atoms with Crippen LogP contribution < -0.4 is 10.2 Å². The Labute approximate surface area is 135 Å². The van der Waals surface area contributed by atoms with Crippen molar-refractivity contribution in [1.82, 2.24) is 5.32 Å². The summed E-state index contributed by atoms with van der Waals surface area (Å²) >= 11 is 0. The van der Waals surface area contributed by atoms with Crippen LogP contribution in [-0.2, 0) is 20.9 Å². The largest absolute Gasteiger partial charge is 0.466 e. The summed E-state index contributed by atoms with van der Waals surface area (Å²) in [6.07, 6.45) is 1.72. The highest BCUT2D eigenvalue weighted by Crippen LogP contribution is 2.09. The number of hydrogen-bond acceptors (Lipinski definition) is 3. The number of piperidine rings is 1. The maximum absolute atomic E-state index is 13.5. The molecule has 2 atom stereocenters. The van der Waals surface area contributed by atoms with E-state index in [4.69, 9.17) is 4.74 Å². The first-order valence-corrected chi connectivity index (χ1v) is 8.10. The molecule has 1 saturated heterocycles. The summed E-state index contributed by atoms with van der Waals surface area (Å²) in [5.74, 6) is -0.747. The van der Waals surface area contributed by atoms with Crippen molar-refractivity contribution in [3.63, 3.8) is 0 Å². The van der Waals surface area contributed by atoms with Crippen LogP contribution in [0.3, 0.4) is 0 Å². The Morgan fingerprint density at radius 2 is 2.17 bits per heavy atom. The van der Waals surface area contributed by atoms with Crippen molar-refractivity contribution in [3.8, 4) is 0 Å². The van der Waals surface area contributed by atoms with Crippen molar-refractivity contribution in [3.05, 3.63) is 35.6 Å². The molecule has 6 heteroatoms. The summed E-state index contributed by atoms with van der Waals surface area (Å²) in [6.45, 7) is 4.13. The van der Waals surface area contributed by atoms with Crippen LogP contribution >= 0.6 is 0 Å². The van der Waals surface area contributed by atoms with Gasteiger partial charge in [0.05, 0.1) is 19.7 Å². The summed E-state index contributed by atoms with van der Waals surface area (Å²) in [5.41, 5.74) is 0.471. The van der Waals surface area contributed by atoms with Gasteiger partial charge in [-0.2, -0.15) is 0 Å². The highest BCUT2D eigenvalue weighted by Gasteiger charge is 2.30. The highest BCUT2D eigenvalue weighted by molar-refractivity contribution is 5.77. The van der Waals surface area contributed by atoms with E-state index >= 15 is 0 Å². The number of ether oxygens (including phenoxy) is 1. The molecule has 0 bridgehead atoms. The molecule has 0 saturated carbocycles. The molecule has 23 heavy (non-hydrogen) atoms. The SMILES string of the molecule is CCOC(=O)[C@H]1CCC[NH+](CC(=O)NCc2ccccc2F)C1. The fourth-order valence-corrected chi connectivity index (χ4v) is 2.90. The minimum atomic E-state index is -0.319. The van der Waals surface area contributed by atoms with E-state index in [2.05, 4.69) is 5.32 Å². The first-order valence-electron chi connectivity index (χ1n) is 8.10. The number of quaternary nitrogens is 1. The lowest BCUT2D eigenvalue weighted by Gasteiger charge is -2.28. The number of esters is 1. The van der Waals surface area contributed by atoms with E-state index in [1.165, 1.54) is 6.07 Å². The summed E-state index contributed by atoms with van der Waals surface area (Å²) in [6, 6.07) is 6.39. The molecule has 2 rings (SSSR count). The fourth-order valence-electron chi connectivity index (χ4n) is 2.90. The minimum Gasteiger partial charge on any atom is -0.466 e. The molecule has 5 nitrogen and oxygen atoms in total. The van der Waals surface area contributed by atoms with Crippen LogP contribution in [0.4, 0.5) is 4.39 Å². The standard InChI is InChI=1S/C17H23FN2O3/c1-2-23-17(22)14-7-5-9-20(11-14)12-16(21)19-10-13-6-3-4-8-15(13)18/h3-4,6,8,14H,2,5,7,9-12H2,1H3,(H,19,21)/p+1/t14-/m0/s1. The Kier molecular flexibility index (Phi) is 6.52. The molecule has 1 aliphatic rings. The van der Waals surface area contributed by atoms with E-state index in [1.807, 2.05) is 0 Å². The van der Waals surface area contributed by atoms with E-state index in [9.17, 15) is 14.0 Å². The number of hydrogen-bond donors (Lipinski definition) is 2. The molecule has 2 N–H and O–H groups in total. The van der Waals surface area contributed by atoms with Crippen molar-refractivity contribution >= 4 is 11.9 Å². The molecular weight excluding hydrogens is 299 g/mol. The van der Waals surface area contributed by atoms with Gasteiger partial charge in [-0.3, -0.25) is 9.59 Å². The predicted octanol–water partition coefficient (Wildman–Crippen LogP) is 0.300. The fraction of sp³-hybridized carbons (Fsp3) is 0.529. The van der Waals surface area contributed by atoms with Crippen LogP contribution in [0.5, 0.6) is 0 Å². The first-order chi connectivity index (χ1) is 11.1. The number of benzene rings is 1. The number of nitrogens with one attached hydrogen (secondary N) is 2. The van der Waals surface area contributed by atoms with Gasteiger partial charge in [-0.05, 0) is 25.8 Å². The minimum absolute atomic E-state index is 0.127. The van der Waals surface area contributed by atoms with Crippen molar-refractivity contribution in [2.24, 2.45) is 5.92 Å². The molecule has 0 aromatic heterocycles. The molecule has 0 radical (unpaired) electrons. The van der Waals surface area contributed by atoms with Gasteiger partial charge in [-0.1, -0.05) is 18.2 Å². The number of rotatable bonds is 6. The molecule has 126 valence electrons. The lowest BCUT2D eigenvalue weighted by Crippen LogP contribution is -3.14. The van der Waals surface area contributed by atoms with Gasteiger partial charge >= 0.3 is 5.97 Å². The average molecular weight is 323 g/mol. The third-order valence-corrected chi connectivity index (χ3v) is 4.08. The van der Waals surface area contributed by atoms with Gasteiger partial charge in [0, 0.05) is 12.1 Å². The van der Waals surface area contributed by atoms with Gasteiger partial charge in [-0.15, -0.1) is 0 Å². The summed E-state index contributed by atoms with van der Waals surface area (Å²) in [7, 11) is 0. The molecule has 0 spiro atoms. The van der Waals surface area contributed by atoms with E-state index in [0.717, 1.165) is 24.3 Å². The van der Waals surface area contributed by atoms with Gasteiger partial charge in [0.1, 0.15) is 11.7 Å². The Hall–Kier alpha value is -1.95. The molecule has 0 aliphatic carbocycles. The molecule has 1 aliphatic heterocycles. The molecule has 1 aromatic carbocycles. The second-order valence-electron chi connectivity index (χ2n) is 5.84. The van der Waals surface area contributed by atoms with E-state index in [0.29, 0.717) is 25.3 Å². The summed E-state index contributed by atoms with van der Waals surface area (Å²) in [5, 5.41) is 2.74. The maximum Gasteiger partial charge on any atom is 0.314 e. The van der Waals surface area contributed by atoms with Gasteiger partial charge in [0.25, 0.3) is 5.91 Å². The van der Waals surface area contributed by atoms with Gasteiger partial charge in [0.15, 0.2) is 6.54 Å². The lowest BCUT2D eigenvalue weighted by atomic mass is 9.98. The Balaban J connectivity index is 1.78. The zero-order valence-corrected chi connectivity index (χ0v) is 13.4. The van der Waals surface area contributed by atoms with Crippen LogP contribution in [0.1, 0.15) is 25.3 Å². The quantitative estimate of drug-likeness (QED) is 0.740. The van der Waals surface area contributed by atoms with Crippen LogP contribution in [0, 0.1) is 11.7 Å². The molecule has 1 unspecified atom stereocenters. The van der Waals surface area contributed by atoms with Crippen LogP contribution in [-0.4, -0.2) is 38.1 Å². The highest BCUT2D eigenvalue weighted by atomic mass is 19.1. The molecule has 1 aromatic rings. The third-order valence-electron chi connectivity index (χ3n) is 4.08. The third kappa shape index (κ3) is 5.32. The van der Waals surface area contributed by atoms with Crippen molar-refractivity contribution in [2.45, 2.75) is 26.3 Å². The predicted molar refractivity (Wildman–Crippen MR) is 83.2 cm³/mol. The van der Waals surface area contributed by atoms with Crippen molar-refractivity contribution < 1.29 is 23.6 Å². The van der Waals surface area contributed by atoms with Gasteiger partial charge in [0.2, 0.25) is 0 Å². The van der Waals surface area contributed by atoms with Crippen molar-refractivity contribution in [2.75, 3.05) is 26.2 Å². The zero-order chi connectivity index (χ0) is 16.7. The topological polar surface area (TPSA) is 59.8 Å². The number of likely N-dealkylation sites (tertiary alicyclic amines) is 1. The normalized spacial score (nSPS) is 20.8. The van der Waals surface area contributed by atoms with E-state index in [1.54, 1.807) is 25.1 Å². The second-order valence-corrected chi connectivity index (χ2v) is 5.84. The number of carbonyl (C=O) groups excluding carboxylic acids is 2. The molecular formula is C17H24FN2O3+. The smallest absolute Gasteiger partial charge is 0.314 e. The van der Waals surface area contributed by atoms with E-state index in [-0.39, 0.29) is 30.2 Å². The van der Waals surface area contributed by atoms with E-state index < -0.39 is 0 Å². The second kappa shape index (κ2) is 8.62. The first kappa shape index (κ1) is 17.4. The molecule has 1 fully saturated rings. The van der Waals surface area contributed by atoms with Gasteiger partial charge < -0.3 is 15.0 Å². The summed E-state index contributed by atoms with van der Waals surface area (Å²) in [4.78, 5) is 24.9. The maximum atomic E-state index is 13.5. The molecule has 1 heterocycles. The Morgan fingerprint density at radius 1 is 1.39 bits per heavy atom. The van der Waals surface area contributed by atoms with Crippen LogP contribution in [0.2, 0.25) is 0 Å². The zero-order valence-electron chi connectivity index (χ0n) is 13.4. The van der Waals surface area contributed by atoms with Crippen LogP contribution in [0.15, 0.2) is 24.3 Å². The van der Waals surface area contributed by atoms with Crippen LogP contribution in [0.25, 0.3) is 0 Å². The Morgan fingerprint density at radius 3 is 2.91 bits per heavy atom. The van der Waals surface area contributed by atoms with Crippen molar-refractivity contribution in [1.29, 1.82) is 0 Å². The van der Waals surface area contributed by atoms with Gasteiger partial charge in [-0.25, -0.2) is 4.39 Å². The monoisotopic (exact) mass is 323 g/mol.